The van der Waals surface area contributed by atoms with E-state index in [0.717, 1.165) is 6.42 Å². The van der Waals surface area contributed by atoms with Gasteiger partial charge in [-0.1, -0.05) is 20.3 Å². The lowest BCUT2D eigenvalue weighted by Crippen LogP contribution is -2.64. The highest BCUT2D eigenvalue weighted by Crippen LogP contribution is 2.23. The van der Waals surface area contributed by atoms with E-state index in [-0.39, 0.29) is 17.7 Å². The Balaban J connectivity index is 2.35. The van der Waals surface area contributed by atoms with Gasteiger partial charge in [0, 0.05) is 0 Å². The van der Waals surface area contributed by atoms with Crippen LogP contribution in [0.25, 0.3) is 0 Å². The van der Waals surface area contributed by atoms with Crippen LogP contribution in [0.1, 0.15) is 27.2 Å². The summed E-state index contributed by atoms with van der Waals surface area (Å²) in [5.41, 5.74) is 0.558. The topological polar surface area (TPSA) is 75.2 Å². The van der Waals surface area contributed by atoms with E-state index in [4.69, 9.17) is 0 Å². The smallest absolute Gasteiger partial charge is 0.250 e. The zero-order chi connectivity index (χ0) is 14.0. The van der Waals surface area contributed by atoms with Gasteiger partial charge in [0.1, 0.15) is 18.4 Å². The van der Waals surface area contributed by atoms with Gasteiger partial charge < -0.3 is 5.32 Å². The van der Waals surface area contributed by atoms with Crippen LogP contribution in [0, 0.1) is 5.92 Å². The summed E-state index contributed by atoms with van der Waals surface area (Å²) in [5.74, 6) is -0.152. The summed E-state index contributed by atoms with van der Waals surface area (Å²) < 4.78 is 0. The molecule has 1 aromatic rings. The fourth-order valence-electron chi connectivity index (χ4n) is 2.18. The molecule has 2 rings (SSSR count). The van der Waals surface area contributed by atoms with Gasteiger partial charge in [0.2, 0.25) is 5.91 Å². The lowest BCUT2D eigenvalue weighted by molar-refractivity contribution is -0.134. The van der Waals surface area contributed by atoms with E-state index in [2.05, 4.69) is 15.3 Å². The zero-order valence-electron chi connectivity index (χ0n) is 11.3. The molecule has 0 aliphatic carbocycles. The third-order valence-electron chi connectivity index (χ3n) is 3.61. The van der Waals surface area contributed by atoms with Gasteiger partial charge >= 0.3 is 0 Å². The van der Waals surface area contributed by atoms with E-state index in [1.54, 1.807) is 19.3 Å². The number of nitrogens with one attached hydrogen (secondary N) is 1. The Morgan fingerprint density at radius 1 is 1.37 bits per heavy atom. The summed E-state index contributed by atoms with van der Waals surface area (Å²) >= 11 is 0. The van der Waals surface area contributed by atoms with Crippen molar-refractivity contribution in [1.29, 1.82) is 0 Å². The first-order valence-electron chi connectivity index (χ1n) is 6.44. The first kappa shape index (κ1) is 13.5. The molecular formula is C13H18N4O2. The molecule has 2 heterocycles. The number of aromatic nitrogens is 2. The molecule has 0 saturated carbocycles. The number of anilines is 1. The van der Waals surface area contributed by atoms with Gasteiger partial charge in [0.15, 0.2) is 0 Å². The number of hydrogen-bond acceptors (Lipinski definition) is 4. The van der Waals surface area contributed by atoms with Crippen LogP contribution in [0.15, 0.2) is 18.7 Å². The Kier molecular flexibility index (Phi) is 3.78. The molecule has 2 amide bonds. The molecule has 3 unspecified atom stereocenters. The predicted octanol–water partition coefficient (Wildman–Crippen LogP) is 0.743. The molecule has 0 aromatic carbocycles. The van der Waals surface area contributed by atoms with E-state index in [9.17, 15) is 9.59 Å². The number of piperazine rings is 1. The van der Waals surface area contributed by atoms with Crippen LogP contribution < -0.4 is 10.2 Å². The molecule has 3 atom stereocenters. The summed E-state index contributed by atoms with van der Waals surface area (Å²) in [4.78, 5) is 33.8. The largest absolute Gasteiger partial charge is 0.342 e. The summed E-state index contributed by atoms with van der Waals surface area (Å²) in [7, 11) is 0. The van der Waals surface area contributed by atoms with E-state index < -0.39 is 12.1 Å². The minimum absolute atomic E-state index is 0.0936. The van der Waals surface area contributed by atoms with Crippen molar-refractivity contribution in [2.75, 3.05) is 4.90 Å². The van der Waals surface area contributed by atoms with E-state index in [0.29, 0.717) is 5.69 Å². The van der Waals surface area contributed by atoms with Crippen molar-refractivity contribution in [2.45, 2.75) is 39.3 Å². The van der Waals surface area contributed by atoms with Crippen LogP contribution in [0.4, 0.5) is 5.69 Å². The summed E-state index contributed by atoms with van der Waals surface area (Å²) in [6.45, 7) is 5.66. The molecule has 0 bridgehead atoms. The summed E-state index contributed by atoms with van der Waals surface area (Å²) in [6.07, 6.45) is 5.32. The molecule has 1 saturated heterocycles. The summed E-state index contributed by atoms with van der Waals surface area (Å²) in [6, 6.07) is -1.02. The maximum Gasteiger partial charge on any atom is 0.250 e. The number of carbonyl (C=O) groups is 2. The molecule has 1 aromatic heterocycles. The quantitative estimate of drug-likeness (QED) is 0.872. The normalized spacial score (nSPS) is 25.1. The molecular weight excluding hydrogens is 244 g/mol. The second kappa shape index (κ2) is 5.34. The van der Waals surface area contributed by atoms with Crippen LogP contribution in [-0.2, 0) is 9.59 Å². The second-order valence-corrected chi connectivity index (χ2v) is 4.85. The van der Waals surface area contributed by atoms with Crippen molar-refractivity contribution in [3.8, 4) is 0 Å². The standard InChI is InChI=1S/C13H18N4O2/c1-4-8(2)11-13(19)17(9(3)12(18)16-11)10-5-14-7-15-6-10/h5-9,11H,4H2,1-3H3,(H,16,18). The van der Waals surface area contributed by atoms with Gasteiger partial charge in [-0.3, -0.25) is 14.5 Å². The highest BCUT2D eigenvalue weighted by atomic mass is 16.2. The van der Waals surface area contributed by atoms with Gasteiger partial charge in [-0.2, -0.15) is 0 Å². The van der Waals surface area contributed by atoms with Gasteiger partial charge in [-0.15, -0.1) is 0 Å². The maximum atomic E-state index is 12.5. The Morgan fingerprint density at radius 2 is 2.00 bits per heavy atom. The molecule has 1 aliphatic heterocycles. The van der Waals surface area contributed by atoms with Gasteiger partial charge in [-0.05, 0) is 12.8 Å². The Bertz CT molecular complexity index is 477. The summed E-state index contributed by atoms with van der Waals surface area (Å²) in [5, 5.41) is 2.80. The number of carbonyl (C=O) groups excluding carboxylic acids is 2. The Hall–Kier alpha value is -1.98. The third kappa shape index (κ3) is 2.43. The lowest BCUT2D eigenvalue weighted by Gasteiger charge is -2.38. The van der Waals surface area contributed by atoms with E-state index >= 15 is 0 Å². The number of rotatable bonds is 3. The monoisotopic (exact) mass is 262 g/mol. The number of hydrogen-bond donors (Lipinski definition) is 1. The van der Waals surface area contributed by atoms with Crippen molar-refractivity contribution < 1.29 is 9.59 Å². The second-order valence-electron chi connectivity index (χ2n) is 4.85. The molecule has 102 valence electrons. The molecule has 19 heavy (non-hydrogen) atoms. The zero-order valence-corrected chi connectivity index (χ0v) is 11.3. The van der Waals surface area contributed by atoms with Crippen molar-refractivity contribution in [3.05, 3.63) is 18.7 Å². The molecule has 6 heteroatoms. The molecule has 1 fully saturated rings. The van der Waals surface area contributed by atoms with Crippen molar-refractivity contribution in [3.63, 3.8) is 0 Å². The first-order chi connectivity index (χ1) is 9.06. The SMILES string of the molecule is CCC(C)C1NC(=O)C(C)N(c2cncnc2)C1=O. The fraction of sp³-hybridized carbons (Fsp3) is 0.538. The molecule has 1 aliphatic rings. The van der Waals surface area contributed by atoms with Gasteiger partial charge in [0.05, 0.1) is 18.1 Å². The molecule has 1 N–H and O–H groups in total. The average molecular weight is 262 g/mol. The number of amides is 2. The molecule has 6 nitrogen and oxygen atoms in total. The average Bonchev–Trinajstić information content (AvgIpc) is 2.43. The van der Waals surface area contributed by atoms with Crippen LogP contribution in [0.5, 0.6) is 0 Å². The fourth-order valence-corrected chi connectivity index (χ4v) is 2.18. The van der Waals surface area contributed by atoms with Crippen LogP contribution in [-0.4, -0.2) is 33.9 Å². The van der Waals surface area contributed by atoms with Crippen LogP contribution in [0.2, 0.25) is 0 Å². The molecule has 0 radical (unpaired) electrons. The van der Waals surface area contributed by atoms with Crippen molar-refractivity contribution >= 4 is 17.5 Å². The van der Waals surface area contributed by atoms with Gasteiger partial charge in [0.25, 0.3) is 5.91 Å². The van der Waals surface area contributed by atoms with Crippen molar-refractivity contribution in [2.24, 2.45) is 5.92 Å². The highest BCUT2D eigenvalue weighted by Gasteiger charge is 2.40. The molecule has 0 spiro atoms. The van der Waals surface area contributed by atoms with E-state index in [1.807, 2.05) is 13.8 Å². The first-order valence-corrected chi connectivity index (χ1v) is 6.44. The van der Waals surface area contributed by atoms with Crippen molar-refractivity contribution in [1.82, 2.24) is 15.3 Å². The third-order valence-corrected chi connectivity index (χ3v) is 3.61. The van der Waals surface area contributed by atoms with Crippen LogP contribution >= 0.6 is 0 Å². The minimum Gasteiger partial charge on any atom is -0.342 e. The van der Waals surface area contributed by atoms with E-state index in [1.165, 1.54) is 11.2 Å². The Labute approximate surface area is 112 Å². The Morgan fingerprint density at radius 3 is 2.58 bits per heavy atom. The van der Waals surface area contributed by atoms with Crippen LogP contribution in [0.3, 0.4) is 0 Å². The maximum absolute atomic E-state index is 12.5. The number of nitrogens with zero attached hydrogens (tertiary/aromatic N) is 3. The minimum atomic E-state index is -0.543. The lowest BCUT2D eigenvalue weighted by atomic mass is 9.94. The predicted molar refractivity (Wildman–Crippen MR) is 70.4 cm³/mol. The highest BCUT2D eigenvalue weighted by molar-refractivity contribution is 6.08. The van der Waals surface area contributed by atoms with Gasteiger partial charge in [-0.25, -0.2) is 9.97 Å².